The Balaban J connectivity index is 1.99. The number of hydrogen-bond acceptors (Lipinski definition) is 3. The number of nitrogens with zero attached hydrogens (tertiary/aromatic N) is 2. The van der Waals surface area contributed by atoms with Crippen molar-refractivity contribution in [3.63, 3.8) is 0 Å². The highest BCUT2D eigenvalue weighted by atomic mass is 16.2. The second-order valence-electron chi connectivity index (χ2n) is 6.32. The molecule has 2 amide bonds. The topological polar surface area (TPSA) is 52.7 Å². The van der Waals surface area contributed by atoms with Crippen LogP contribution in [-0.4, -0.2) is 61.9 Å². The van der Waals surface area contributed by atoms with Crippen LogP contribution in [0.5, 0.6) is 0 Å². The van der Waals surface area contributed by atoms with Gasteiger partial charge in [-0.05, 0) is 50.0 Å². The van der Waals surface area contributed by atoms with Crippen LogP contribution >= 0.6 is 0 Å². The molecule has 5 heteroatoms. The van der Waals surface area contributed by atoms with Crippen molar-refractivity contribution < 1.29 is 9.59 Å². The van der Waals surface area contributed by atoms with Crippen LogP contribution in [0, 0.1) is 5.92 Å². The highest BCUT2D eigenvalue weighted by molar-refractivity contribution is 5.99. The number of carbonyl (C=O) groups is 2. The number of hydrogen-bond donors (Lipinski definition) is 1. The Morgan fingerprint density at radius 1 is 1.22 bits per heavy atom. The molecule has 0 saturated carbocycles. The first-order valence-electron chi connectivity index (χ1n) is 8.34. The Bertz CT molecular complexity index is 549. The minimum atomic E-state index is -0.0796. The number of carbonyl (C=O) groups excluding carboxylic acids is 2. The van der Waals surface area contributed by atoms with Crippen molar-refractivity contribution in [1.29, 1.82) is 0 Å². The third-order valence-corrected chi connectivity index (χ3v) is 4.35. The van der Waals surface area contributed by atoms with Crippen molar-refractivity contribution in [3.8, 4) is 0 Å². The lowest BCUT2D eigenvalue weighted by atomic mass is 9.96. The van der Waals surface area contributed by atoms with Gasteiger partial charge in [0.2, 0.25) is 0 Å². The lowest BCUT2D eigenvalue weighted by Gasteiger charge is -2.32. The van der Waals surface area contributed by atoms with Gasteiger partial charge >= 0.3 is 0 Å². The maximum absolute atomic E-state index is 12.7. The first-order chi connectivity index (χ1) is 11.0. The molecule has 1 fully saturated rings. The predicted molar refractivity (Wildman–Crippen MR) is 91.6 cm³/mol. The summed E-state index contributed by atoms with van der Waals surface area (Å²) in [6.45, 7) is 5.72. The molecule has 1 N–H and O–H groups in total. The Morgan fingerprint density at radius 3 is 2.48 bits per heavy atom. The van der Waals surface area contributed by atoms with E-state index in [1.807, 2.05) is 4.90 Å². The molecular formula is C18H27N3O2. The van der Waals surface area contributed by atoms with Crippen LogP contribution in [0.15, 0.2) is 24.3 Å². The van der Waals surface area contributed by atoms with Crippen LogP contribution in [0.3, 0.4) is 0 Å². The summed E-state index contributed by atoms with van der Waals surface area (Å²) in [4.78, 5) is 28.1. The van der Waals surface area contributed by atoms with E-state index in [2.05, 4.69) is 12.2 Å². The van der Waals surface area contributed by atoms with Gasteiger partial charge in [0.25, 0.3) is 11.8 Å². The van der Waals surface area contributed by atoms with Gasteiger partial charge in [-0.25, -0.2) is 0 Å². The zero-order chi connectivity index (χ0) is 16.8. The van der Waals surface area contributed by atoms with Gasteiger partial charge in [0, 0.05) is 38.3 Å². The molecule has 0 unspecified atom stereocenters. The lowest BCUT2D eigenvalue weighted by molar-refractivity contribution is 0.0690. The zero-order valence-electron chi connectivity index (χ0n) is 14.3. The summed E-state index contributed by atoms with van der Waals surface area (Å²) >= 11 is 0. The van der Waals surface area contributed by atoms with E-state index in [9.17, 15) is 9.59 Å². The van der Waals surface area contributed by atoms with Crippen LogP contribution < -0.4 is 5.32 Å². The summed E-state index contributed by atoms with van der Waals surface area (Å²) in [5, 5.41) is 3.38. The van der Waals surface area contributed by atoms with Gasteiger partial charge in [0.1, 0.15) is 0 Å². The monoisotopic (exact) mass is 317 g/mol. The first kappa shape index (κ1) is 17.5. The highest BCUT2D eigenvalue weighted by Gasteiger charge is 2.23. The number of benzene rings is 1. The normalized spacial score (nSPS) is 15.5. The van der Waals surface area contributed by atoms with E-state index in [-0.39, 0.29) is 11.8 Å². The molecule has 1 aromatic rings. The maximum Gasteiger partial charge on any atom is 0.253 e. The molecule has 0 atom stereocenters. The Labute approximate surface area is 138 Å². The quantitative estimate of drug-likeness (QED) is 0.902. The largest absolute Gasteiger partial charge is 0.345 e. The summed E-state index contributed by atoms with van der Waals surface area (Å²) in [5.41, 5.74) is 1.16. The number of likely N-dealkylation sites (tertiary alicyclic amines) is 1. The SMILES string of the molecule is CCNCC1CCN(C(=O)c2cccc(C(=O)N(C)C)c2)CC1. The van der Waals surface area contributed by atoms with E-state index in [0.29, 0.717) is 17.0 Å². The minimum absolute atomic E-state index is 0.0281. The van der Waals surface area contributed by atoms with Crippen LogP contribution in [0.1, 0.15) is 40.5 Å². The molecule has 0 aromatic heterocycles. The van der Waals surface area contributed by atoms with Gasteiger partial charge in [0.05, 0.1) is 0 Å². The van der Waals surface area contributed by atoms with Gasteiger partial charge in [-0.3, -0.25) is 9.59 Å². The van der Waals surface area contributed by atoms with Crippen LogP contribution in [0.2, 0.25) is 0 Å². The molecular weight excluding hydrogens is 290 g/mol. The lowest BCUT2D eigenvalue weighted by Crippen LogP contribution is -2.40. The molecule has 1 heterocycles. The molecule has 0 spiro atoms. The molecule has 1 aliphatic rings. The molecule has 5 nitrogen and oxygen atoms in total. The van der Waals surface area contributed by atoms with Crippen LogP contribution in [0.4, 0.5) is 0 Å². The van der Waals surface area contributed by atoms with Crippen molar-refractivity contribution >= 4 is 11.8 Å². The first-order valence-corrected chi connectivity index (χ1v) is 8.34. The zero-order valence-corrected chi connectivity index (χ0v) is 14.3. The minimum Gasteiger partial charge on any atom is -0.345 e. The average Bonchev–Trinajstić information content (AvgIpc) is 2.59. The highest BCUT2D eigenvalue weighted by Crippen LogP contribution is 2.19. The van der Waals surface area contributed by atoms with E-state index in [4.69, 9.17) is 0 Å². The smallest absolute Gasteiger partial charge is 0.253 e. The molecule has 0 radical (unpaired) electrons. The number of rotatable bonds is 5. The molecule has 1 aliphatic heterocycles. The van der Waals surface area contributed by atoms with Gasteiger partial charge in [-0.15, -0.1) is 0 Å². The fraction of sp³-hybridized carbons (Fsp3) is 0.556. The third-order valence-electron chi connectivity index (χ3n) is 4.35. The molecule has 0 bridgehead atoms. The Morgan fingerprint density at radius 2 is 1.87 bits per heavy atom. The number of amides is 2. The van der Waals surface area contributed by atoms with E-state index in [0.717, 1.165) is 39.0 Å². The Hall–Kier alpha value is -1.88. The molecule has 1 aromatic carbocycles. The van der Waals surface area contributed by atoms with E-state index in [1.54, 1.807) is 38.4 Å². The van der Waals surface area contributed by atoms with E-state index < -0.39 is 0 Å². The predicted octanol–water partition coefficient (Wildman–Crippen LogP) is 1.85. The van der Waals surface area contributed by atoms with Crippen molar-refractivity contribution in [3.05, 3.63) is 35.4 Å². The number of piperidine rings is 1. The Kier molecular flexibility index (Phi) is 6.16. The maximum atomic E-state index is 12.7. The van der Waals surface area contributed by atoms with Crippen molar-refractivity contribution in [2.24, 2.45) is 5.92 Å². The second-order valence-corrected chi connectivity index (χ2v) is 6.32. The fourth-order valence-corrected chi connectivity index (χ4v) is 2.91. The van der Waals surface area contributed by atoms with Gasteiger partial charge in [-0.2, -0.15) is 0 Å². The van der Waals surface area contributed by atoms with Crippen molar-refractivity contribution in [1.82, 2.24) is 15.1 Å². The molecule has 1 saturated heterocycles. The van der Waals surface area contributed by atoms with E-state index in [1.165, 1.54) is 4.90 Å². The molecule has 0 aliphatic carbocycles. The fourth-order valence-electron chi connectivity index (χ4n) is 2.91. The summed E-state index contributed by atoms with van der Waals surface area (Å²) in [7, 11) is 3.43. The summed E-state index contributed by atoms with van der Waals surface area (Å²) in [6.07, 6.45) is 2.07. The van der Waals surface area contributed by atoms with E-state index >= 15 is 0 Å². The number of nitrogens with one attached hydrogen (secondary N) is 1. The second kappa shape index (κ2) is 8.11. The average molecular weight is 317 g/mol. The molecule has 23 heavy (non-hydrogen) atoms. The third kappa shape index (κ3) is 4.55. The molecule has 126 valence electrons. The van der Waals surface area contributed by atoms with Crippen molar-refractivity contribution in [2.45, 2.75) is 19.8 Å². The van der Waals surface area contributed by atoms with Gasteiger partial charge < -0.3 is 15.1 Å². The summed E-state index contributed by atoms with van der Waals surface area (Å²) in [6, 6.07) is 7.03. The van der Waals surface area contributed by atoms with Gasteiger partial charge in [-0.1, -0.05) is 13.0 Å². The van der Waals surface area contributed by atoms with Crippen molar-refractivity contribution in [2.75, 3.05) is 40.3 Å². The summed E-state index contributed by atoms with van der Waals surface area (Å²) < 4.78 is 0. The van der Waals surface area contributed by atoms with Crippen LogP contribution in [0.25, 0.3) is 0 Å². The standard InChI is InChI=1S/C18H27N3O2/c1-4-19-13-14-8-10-21(11-9-14)18(23)16-7-5-6-15(12-16)17(22)20(2)3/h5-7,12,14,19H,4,8-11,13H2,1-3H3. The van der Waals surface area contributed by atoms with Gasteiger partial charge in [0.15, 0.2) is 0 Å². The van der Waals surface area contributed by atoms with Crippen LogP contribution in [-0.2, 0) is 0 Å². The summed E-state index contributed by atoms with van der Waals surface area (Å²) in [5.74, 6) is 0.602. The molecule has 2 rings (SSSR count).